The molecule has 2 aromatic carbocycles. The Bertz CT molecular complexity index is 860. The number of sulfonamides is 1. The van der Waals surface area contributed by atoms with Gasteiger partial charge in [0.1, 0.15) is 0 Å². The van der Waals surface area contributed by atoms with E-state index in [1.54, 1.807) is 10.4 Å². The van der Waals surface area contributed by atoms with Crippen LogP contribution in [-0.2, 0) is 14.8 Å². The first kappa shape index (κ1) is 18.1. The molecule has 1 aliphatic heterocycles. The average Bonchev–Trinajstić information content (AvgIpc) is 2.57. The molecule has 1 heterocycles. The van der Waals surface area contributed by atoms with Crippen LogP contribution in [0, 0.1) is 13.8 Å². The van der Waals surface area contributed by atoms with Crippen molar-refractivity contribution in [2.75, 3.05) is 13.2 Å². The summed E-state index contributed by atoms with van der Waals surface area (Å²) in [5, 5.41) is 0. The molecule has 0 aliphatic carbocycles. The average molecular weight is 359 g/mol. The van der Waals surface area contributed by atoms with E-state index in [9.17, 15) is 8.42 Å². The minimum atomic E-state index is -3.61. The predicted molar refractivity (Wildman–Crippen MR) is 99.0 cm³/mol. The highest BCUT2D eigenvalue weighted by Gasteiger charge is 2.43. The molecule has 1 aliphatic rings. The maximum absolute atomic E-state index is 13.4. The summed E-state index contributed by atoms with van der Waals surface area (Å²) >= 11 is 0. The van der Waals surface area contributed by atoms with Crippen LogP contribution >= 0.6 is 0 Å². The van der Waals surface area contributed by atoms with Crippen molar-refractivity contribution >= 4 is 10.0 Å². The zero-order valence-corrected chi connectivity index (χ0v) is 16.0. The summed E-state index contributed by atoms with van der Waals surface area (Å²) in [5.41, 5.74) is 2.11. The Morgan fingerprint density at radius 1 is 1.08 bits per heavy atom. The summed E-state index contributed by atoms with van der Waals surface area (Å²) in [6.45, 7) is 8.25. The molecule has 1 unspecified atom stereocenters. The van der Waals surface area contributed by atoms with Gasteiger partial charge in [-0.05, 0) is 50.5 Å². The van der Waals surface area contributed by atoms with Crippen molar-refractivity contribution in [2.24, 2.45) is 0 Å². The molecule has 2 aromatic rings. The van der Waals surface area contributed by atoms with E-state index >= 15 is 0 Å². The lowest BCUT2D eigenvalue weighted by atomic mass is 10.0. The molecule has 0 saturated carbocycles. The Morgan fingerprint density at radius 3 is 2.44 bits per heavy atom. The molecular weight excluding hydrogens is 334 g/mol. The topological polar surface area (TPSA) is 46.6 Å². The van der Waals surface area contributed by atoms with Crippen LogP contribution in [0.4, 0.5) is 0 Å². The van der Waals surface area contributed by atoms with Gasteiger partial charge < -0.3 is 4.74 Å². The van der Waals surface area contributed by atoms with Crippen LogP contribution in [-0.4, -0.2) is 31.4 Å². The SMILES string of the molecule is Cc1ccc(C)c(S(=O)(=O)N2CC(c3ccccc3)OCC2(C)C)c1. The van der Waals surface area contributed by atoms with Crippen LogP contribution in [0.3, 0.4) is 0 Å². The van der Waals surface area contributed by atoms with E-state index < -0.39 is 15.6 Å². The lowest BCUT2D eigenvalue weighted by molar-refractivity contribution is -0.0655. The first-order valence-electron chi connectivity index (χ1n) is 8.48. The van der Waals surface area contributed by atoms with Gasteiger partial charge in [-0.3, -0.25) is 0 Å². The molecule has 0 spiro atoms. The van der Waals surface area contributed by atoms with Crippen molar-refractivity contribution in [3.63, 3.8) is 0 Å². The van der Waals surface area contributed by atoms with Crippen molar-refractivity contribution in [1.82, 2.24) is 4.31 Å². The van der Waals surface area contributed by atoms with Crippen LogP contribution in [0.25, 0.3) is 0 Å². The quantitative estimate of drug-likeness (QED) is 0.836. The molecule has 0 aromatic heterocycles. The van der Waals surface area contributed by atoms with Gasteiger partial charge in [0.25, 0.3) is 0 Å². The van der Waals surface area contributed by atoms with E-state index in [2.05, 4.69) is 0 Å². The van der Waals surface area contributed by atoms with Gasteiger partial charge >= 0.3 is 0 Å². The van der Waals surface area contributed by atoms with Gasteiger partial charge in [-0.1, -0.05) is 42.5 Å². The molecule has 1 atom stereocenters. The van der Waals surface area contributed by atoms with Crippen molar-refractivity contribution in [1.29, 1.82) is 0 Å². The summed E-state index contributed by atoms with van der Waals surface area (Å²) in [5.74, 6) is 0. The zero-order valence-electron chi connectivity index (χ0n) is 15.2. The van der Waals surface area contributed by atoms with Crippen molar-refractivity contribution in [3.05, 3.63) is 65.2 Å². The minimum absolute atomic E-state index is 0.255. The maximum atomic E-state index is 13.4. The number of morpholine rings is 1. The van der Waals surface area contributed by atoms with E-state index in [1.807, 2.05) is 70.2 Å². The molecule has 134 valence electrons. The van der Waals surface area contributed by atoms with Gasteiger partial charge in [-0.2, -0.15) is 4.31 Å². The largest absolute Gasteiger partial charge is 0.370 e. The number of rotatable bonds is 3. The Labute approximate surface area is 150 Å². The second-order valence-electron chi connectivity index (χ2n) is 7.33. The van der Waals surface area contributed by atoms with E-state index in [0.717, 1.165) is 16.7 Å². The second-order valence-corrected chi connectivity index (χ2v) is 9.16. The van der Waals surface area contributed by atoms with E-state index in [4.69, 9.17) is 4.74 Å². The van der Waals surface area contributed by atoms with Gasteiger partial charge in [-0.15, -0.1) is 0 Å². The number of ether oxygens (including phenoxy) is 1. The van der Waals surface area contributed by atoms with Gasteiger partial charge in [0.05, 0.1) is 23.1 Å². The summed E-state index contributed by atoms with van der Waals surface area (Å²) in [7, 11) is -3.61. The highest BCUT2D eigenvalue weighted by Crippen LogP contribution is 2.35. The smallest absolute Gasteiger partial charge is 0.244 e. The molecule has 0 bridgehead atoms. The lowest BCUT2D eigenvalue weighted by Crippen LogP contribution is -2.56. The fraction of sp³-hybridized carbons (Fsp3) is 0.400. The first-order chi connectivity index (χ1) is 11.7. The van der Waals surface area contributed by atoms with E-state index in [-0.39, 0.29) is 6.10 Å². The van der Waals surface area contributed by atoms with Crippen molar-refractivity contribution in [2.45, 2.75) is 44.2 Å². The standard InChI is InChI=1S/C20H25NO3S/c1-15-10-11-16(2)19(12-15)25(22,23)21-13-18(24-14-20(21,3)4)17-8-6-5-7-9-17/h5-12,18H,13-14H2,1-4H3. The van der Waals surface area contributed by atoms with Gasteiger partial charge in [0, 0.05) is 6.54 Å². The van der Waals surface area contributed by atoms with E-state index in [1.165, 1.54) is 0 Å². The summed E-state index contributed by atoms with van der Waals surface area (Å²) in [4.78, 5) is 0.384. The number of nitrogens with zero attached hydrogens (tertiary/aromatic N) is 1. The maximum Gasteiger partial charge on any atom is 0.244 e. The van der Waals surface area contributed by atoms with Crippen LogP contribution < -0.4 is 0 Å². The summed E-state index contributed by atoms with van der Waals surface area (Å²) in [6.07, 6.45) is -0.255. The van der Waals surface area contributed by atoms with Crippen LogP contribution in [0.2, 0.25) is 0 Å². The third-order valence-electron chi connectivity index (χ3n) is 4.73. The number of hydrogen-bond donors (Lipinski definition) is 0. The highest BCUT2D eigenvalue weighted by molar-refractivity contribution is 7.89. The number of benzene rings is 2. The number of hydrogen-bond acceptors (Lipinski definition) is 3. The second kappa shape index (κ2) is 6.56. The van der Waals surface area contributed by atoms with Crippen LogP contribution in [0.1, 0.15) is 36.6 Å². The Balaban J connectivity index is 2.01. The van der Waals surface area contributed by atoms with Gasteiger partial charge in [-0.25, -0.2) is 8.42 Å². The third kappa shape index (κ3) is 3.50. The molecule has 1 saturated heterocycles. The zero-order chi connectivity index (χ0) is 18.2. The number of aryl methyl sites for hydroxylation is 2. The normalized spacial score (nSPS) is 21.2. The van der Waals surface area contributed by atoms with Crippen molar-refractivity contribution < 1.29 is 13.2 Å². The fourth-order valence-corrected chi connectivity index (χ4v) is 5.31. The van der Waals surface area contributed by atoms with E-state index in [0.29, 0.717) is 18.0 Å². The Kier molecular flexibility index (Phi) is 4.75. The first-order valence-corrected chi connectivity index (χ1v) is 9.92. The van der Waals surface area contributed by atoms with Crippen molar-refractivity contribution in [3.8, 4) is 0 Å². The summed E-state index contributed by atoms with van der Waals surface area (Å²) < 4.78 is 34.4. The molecule has 0 radical (unpaired) electrons. The molecule has 3 rings (SSSR count). The van der Waals surface area contributed by atoms with Gasteiger partial charge in [0.15, 0.2) is 0 Å². The highest BCUT2D eigenvalue weighted by atomic mass is 32.2. The predicted octanol–water partition coefficient (Wildman–Crippen LogP) is 3.84. The molecule has 4 nitrogen and oxygen atoms in total. The molecule has 5 heteroatoms. The molecule has 0 N–H and O–H groups in total. The molecule has 25 heavy (non-hydrogen) atoms. The Morgan fingerprint density at radius 2 is 1.76 bits per heavy atom. The summed E-state index contributed by atoms with van der Waals surface area (Å²) in [6, 6.07) is 15.4. The molecular formula is C20H25NO3S. The lowest BCUT2D eigenvalue weighted by Gasteiger charge is -2.44. The van der Waals surface area contributed by atoms with Crippen LogP contribution in [0.5, 0.6) is 0 Å². The van der Waals surface area contributed by atoms with Gasteiger partial charge in [0.2, 0.25) is 10.0 Å². The molecule has 0 amide bonds. The molecule has 1 fully saturated rings. The Hall–Kier alpha value is -1.69. The van der Waals surface area contributed by atoms with Crippen LogP contribution in [0.15, 0.2) is 53.4 Å². The third-order valence-corrected chi connectivity index (χ3v) is 6.95. The monoisotopic (exact) mass is 359 g/mol. The fourth-order valence-electron chi connectivity index (χ4n) is 3.22. The minimum Gasteiger partial charge on any atom is -0.370 e.